The van der Waals surface area contributed by atoms with Crippen molar-refractivity contribution >= 4 is 5.97 Å². The van der Waals surface area contributed by atoms with Crippen LogP contribution in [0.4, 0.5) is 0 Å². The standard InChI is InChI=1S/C40H64O12/c1-26(2)38-27(3)15-16-29(41)17-30(42)18-31(43)19-32(44)20-33(45)21-34(46)22-35(47)24-40(50)25-36(48)23-37(52-40)14-12-10-8-6-5-7-9-11-13-28(4)39(49)51-38/h5-13,15-16,26-27,29-38,41-48,50H,14,17-25H2,1-4H3. The van der Waals surface area contributed by atoms with E-state index in [0.29, 0.717) is 18.4 Å². The molecule has 0 aliphatic carbocycles. The van der Waals surface area contributed by atoms with Crippen LogP contribution in [0.15, 0.2) is 72.4 Å². The van der Waals surface area contributed by atoms with E-state index in [2.05, 4.69) is 0 Å². The molecule has 0 aromatic heterocycles. The number of hydrogen-bond acceptors (Lipinski definition) is 12. The maximum Gasteiger partial charge on any atom is 0.334 e. The molecule has 1 saturated heterocycles. The Morgan fingerprint density at radius 2 is 1.12 bits per heavy atom. The van der Waals surface area contributed by atoms with E-state index in [4.69, 9.17) is 9.47 Å². The van der Waals surface area contributed by atoms with E-state index in [1.807, 2.05) is 51.2 Å². The molecule has 9 N–H and O–H groups in total. The molecule has 0 amide bonds. The van der Waals surface area contributed by atoms with Gasteiger partial charge in [0.05, 0.1) is 54.9 Å². The van der Waals surface area contributed by atoms with Gasteiger partial charge in [0, 0.05) is 37.2 Å². The largest absolute Gasteiger partial charge is 0.458 e. The Bertz CT molecular complexity index is 1220. The van der Waals surface area contributed by atoms with Gasteiger partial charge >= 0.3 is 5.97 Å². The fourth-order valence-corrected chi connectivity index (χ4v) is 6.68. The van der Waals surface area contributed by atoms with Crippen LogP contribution in [0.25, 0.3) is 0 Å². The molecule has 12 heteroatoms. The predicted molar refractivity (Wildman–Crippen MR) is 197 cm³/mol. The van der Waals surface area contributed by atoms with E-state index >= 15 is 0 Å². The number of rotatable bonds is 1. The van der Waals surface area contributed by atoms with Gasteiger partial charge in [-0.3, -0.25) is 0 Å². The smallest absolute Gasteiger partial charge is 0.334 e. The number of cyclic esters (lactones) is 1. The zero-order valence-corrected chi connectivity index (χ0v) is 31.1. The maximum atomic E-state index is 12.8. The molecule has 2 heterocycles. The Hall–Kier alpha value is -2.49. The molecule has 12 nitrogen and oxygen atoms in total. The third-order valence-electron chi connectivity index (χ3n) is 9.19. The van der Waals surface area contributed by atoms with Crippen LogP contribution in [0, 0.1) is 11.8 Å². The molecule has 1 fully saturated rings. The third kappa shape index (κ3) is 18.5. The van der Waals surface area contributed by atoms with E-state index in [9.17, 15) is 50.8 Å². The van der Waals surface area contributed by atoms with Gasteiger partial charge in [-0.25, -0.2) is 4.79 Å². The number of hydrogen-bond donors (Lipinski definition) is 9. The third-order valence-corrected chi connectivity index (χ3v) is 9.19. The summed E-state index contributed by atoms with van der Waals surface area (Å²) < 4.78 is 11.6. The second kappa shape index (κ2) is 23.3. The molecular formula is C40H64O12. The van der Waals surface area contributed by atoms with Crippen LogP contribution in [0.5, 0.6) is 0 Å². The van der Waals surface area contributed by atoms with Gasteiger partial charge in [-0.2, -0.15) is 0 Å². The number of aliphatic hydroxyl groups is 9. The monoisotopic (exact) mass is 736 g/mol. The average molecular weight is 737 g/mol. The van der Waals surface area contributed by atoms with Gasteiger partial charge in [0.25, 0.3) is 0 Å². The lowest BCUT2D eigenvalue weighted by molar-refractivity contribution is -0.282. The summed E-state index contributed by atoms with van der Waals surface area (Å²) >= 11 is 0. The van der Waals surface area contributed by atoms with Crippen LogP contribution < -0.4 is 0 Å². The molecule has 0 saturated carbocycles. The lowest BCUT2D eigenvalue weighted by atomic mass is 9.90. The summed E-state index contributed by atoms with van der Waals surface area (Å²) in [4.78, 5) is 12.8. The number of esters is 1. The van der Waals surface area contributed by atoms with E-state index < -0.39 is 72.8 Å². The molecule has 2 aliphatic heterocycles. The van der Waals surface area contributed by atoms with E-state index in [-0.39, 0.29) is 63.2 Å². The van der Waals surface area contributed by atoms with Gasteiger partial charge in [-0.1, -0.05) is 87.6 Å². The fraction of sp³-hybridized carbons (Fsp3) is 0.675. The van der Waals surface area contributed by atoms with E-state index in [1.54, 1.807) is 37.3 Å². The van der Waals surface area contributed by atoms with Gasteiger partial charge in [0.2, 0.25) is 0 Å². The van der Waals surface area contributed by atoms with Crippen molar-refractivity contribution in [1.82, 2.24) is 0 Å². The molecule has 2 bridgehead atoms. The highest BCUT2D eigenvalue weighted by Gasteiger charge is 2.41. The van der Waals surface area contributed by atoms with Crippen LogP contribution in [-0.4, -0.2) is 119 Å². The fourth-order valence-electron chi connectivity index (χ4n) is 6.68. The van der Waals surface area contributed by atoms with Gasteiger partial charge in [-0.15, -0.1) is 0 Å². The molecule has 52 heavy (non-hydrogen) atoms. The second-order valence-corrected chi connectivity index (χ2v) is 14.9. The summed E-state index contributed by atoms with van der Waals surface area (Å²) in [6.45, 7) is 7.40. The summed E-state index contributed by atoms with van der Waals surface area (Å²) in [5.74, 6) is -2.54. The Balaban J connectivity index is 2.16. The topological polar surface area (TPSA) is 218 Å². The van der Waals surface area contributed by atoms with E-state index in [1.165, 1.54) is 6.08 Å². The van der Waals surface area contributed by atoms with Gasteiger partial charge in [0.1, 0.15) is 6.10 Å². The lowest BCUT2D eigenvalue weighted by Crippen LogP contribution is -2.48. The molecule has 0 aromatic carbocycles. The zero-order chi connectivity index (χ0) is 38.8. The SMILES string of the molecule is CC1=CC=CC=CC=CC=CCC2CC(O)CC(O)(CC(O)CC(O)CC(O)CC(O)CC(O)CC(O)CC(O)C=CC(C)C(C(C)C)OC1=O)O2. The number of carbonyl (C=O) groups is 1. The highest BCUT2D eigenvalue weighted by atomic mass is 16.6. The van der Waals surface area contributed by atoms with Crippen LogP contribution in [0.1, 0.15) is 91.9 Å². The summed E-state index contributed by atoms with van der Waals surface area (Å²) in [5, 5.41) is 94.9. The number of allylic oxidation sites excluding steroid dienone is 8. The molecule has 0 spiro atoms. The quantitative estimate of drug-likeness (QED) is 0.140. The molecule has 0 radical (unpaired) electrons. The van der Waals surface area contributed by atoms with Crippen LogP contribution in [0.2, 0.25) is 0 Å². The molecule has 296 valence electrons. The summed E-state index contributed by atoms with van der Waals surface area (Å²) in [7, 11) is 0. The Kier molecular flexibility index (Phi) is 20.5. The lowest BCUT2D eigenvalue weighted by Gasteiger charge is -2.40. The molecule has 2 rings (SSSR count). The molecule has 12 atom stereocenters. The number of fused-ring (bicyclic) bond motifs is 2. The summed E-state index contributed by atoms with van der Waals surface area (Å²) in [5.41, 5.74) is 0.414. The second-order valence-electron chi connectivity index (χ2n) is 14.9. The Labute approximate surface area is 308 Å². The predicted octanol–water partition coefficient (Wildman–Crippen LogP) is 2.81. The van der Waals surface area contributed by atoms with Crippen LogP contribution >= 0.6 is 0 Å². The highest BCUT2D eigenvalue weighted by molar-refractivity contribution is 5.88. The molecule has 0 aromatic rings. The number of aliphatic hydroxyl groups excluding tert-OH is 8. The minimum atomic E-state index is -1.81. The highest BCUT2D eigenvalue weighted by Crippen LogP contribution is 2.33. The van der Waals surface area contributed by atoms with Crippen molar-refractivity contribution in [3.8, 4) is 0 Å². The Morgan fingerprint density at radius 1 is 0.654 bits per heavy atom. The van der Waals surface area contributed by atoms with Crippen molar-refractivity contribution in [2.45, 2.75) is 159 Å². The zero-order valence-electron chi connectivity index (χ0n) is 31.1. The van der Waals surface area contributed by atoms with E-state index in [0.717, 1.165) is 0 Å². The van der Waals surface area contributed by atoms with Crippen LogP contribution in [-0.2, 0) is 14.3 Å². The first-order valence-electron chi connectivity index (χ1n) is 18.5. The molecule has 12 unspecified atom stereocenters. The number of carbonyl (C=O) groups excluding carboxylic acids is 1. The summed E-state index contributed by atoms with van der Waals surface area (Å²) in [6, 6.07) is 0. The van der Waals surface area contributed by atoms with Gasteiger partial charge in [-0.05, 0) is 51.4 Å². The Morgan fingerprint density at radius 3 is 1.65 bits per heavy atom. The van der Waals surface area contributed by atoms with Gasteiger partial charge in [0.15, 0.2) is 5.79 Å². The van der Waals surface area contributed by atoms with Crippen molar-refractivity contribution in [2.75, 3.05) is 0 Å². The van der Waals surface area contributed by atoms with Gasteiger partial charge < -0.3 is 55.4 Å². The molecular weight excluding hydrogens is 672 g/mol. The first-order valence-corrected chi connectivity index (χ1v) is 18.5. The first-order chi connectivity index (χ1) is 24.5. The van der Waals surface area contributed by atoms with Crippen molar-refractivity contribution in [3.05, 3.63) is 72.4 Å². The van der Waals surface area contributed by atoms with Crippen LogP contribution in [0.3, 0.4) is 0 Å². The molecule has 2 aliphatic rings. The summed E-state index contributed by atoms with van der Waals surface area (Å²) in [6.07, 6.45) is 8.98. The average Bonchev–Trinajstić information content (AvgIpc) is 3.01. The minimum absolute atomic E-state index is 0.0183. The normalized spacial score (nSPS) is 38.0. The van der Waals surface area contributed by atoms with Crippen molar-refractivity contribution in [3.63, 3.8) is 0 Å². The maximum absolute atomic E-state index is 12.8. The number of ether oxygens (including phenoxy) is 2. The minimum Gasteiger partial charge on any atom is -0.458 e. The van der Waals surface area contributed by atoms with Crippen molar-refractivity contribution < 1.29 is 60.2 Å². The first kappa shape index (κ1) is 45.7. The van der Waals surface area contributed by atoms with Crippen molar-refractivity contribution in [2.24, 2.45) is 11.8 Å². The van der Waals surface area contributed by atoms with Crippen molar-refractivity contribution in [1.29, 1.82) is 0 Å².